The highest BCUT2D eigenvalue weighted by atomic mass is 35.5. The number of amides is 1. The van der Waals surface area contributed by atoms with Gasteiger partial charge >= 0.3 is 0 Å². The maximum absolute atomic E-state index is 12.4. The van der Waals surface area contributed by atoms with Crippen molar-refractivity contribution in [3.8, 4) is 0 Å². The monoisotopic (exact) mass is 365 g/mol. The number of aromatic nitrogens is 2. The van der Waals surface area contributed by atoms with Crippen molar-refractivity contribution < 1.29 is 9.32 Å². The molecule has 5 nitrogen and oxygen atoms in total. The zero-order chi connectivity index (χ0) is 16.9. The first-order valence-electron chi connectivity index (χ1n) is 8.14. The Morgan fingerprint density at radius 2 is 2.12 bits per heavy atom. The van der Waals surface area contributed by atoms with Crippen LogP contribution in [0.2, 0.25) is 5.02 Å². The molecule has 3 rings (SSSR count). The first kappa shape index (κ1) is 17.3. The van der Waals surface area contributed by atoms with Gasteiger partial charge in [-0.3, -0.25) is 4.79 Å². The van der Waals surface area contributed by atoms with Crippen LogP contribution in [0.5, 0.6) is 0 Å². The number of benzene rings is 1. The van der Waals surface area contributed by atoms with Crippen molar-refractivity contribution in [1.29, 1.82) is 0 Å². The van der Waals surface area contributed by atoms with Crippen molar-refractivity contribution in [1.82, 2.24) is 15.0 Å². The van der Waals surface area contributed by atoms with Gasteiger partial charge in [0.1, 0.15) is 0 Å². The van der Waals surface area contributed by atoms with Crippen LogP contribution < -0.4 is 0 Å². The van der Waals surface area contributed by atoms with E-state index in [1.165, 1.54) is 18.2 Å². The maximum atomic E-state index is 12.4. The quantitative estimate of drug-likeness (QED) is 0.690. The number of rotatable bonds is 7. The molecule has 0 saturated heterocycles. The second kappa shape index (κ2) is 8.03. The van der Waals surface area contributed by atoms with Gasteiger partial charge in [-0.25, -0.2) is 0 Å². The van der Waals surface area contributed by atoms with Gasteiger partial charge in [-0.1, -0.05) is 23.2 Å². The summed E-state index contributed by atoms with van der Waals surface area (Å²) < 4.78 is 5.32. The number of thioether (sulfide) groups is 1. The molecule has 0 spiro atoms. The third kappa shape index (κ3) is 4.30. The van der Waals surface area contributed by atoms with Crippen LogP contribution in [0, 0.1) is 0 Å². The summed E-state index contributed by atoms with van der Waals surface area (Å²) in [7, 11) is 0. The van der Waals surface area contributed by atoms with Crippen LogP contribution in [0.15, 0.2) is 33.7 Å². The fraction of sp³-hybridized carbons (Fsp3) is 0.471. The zero-order valence-electron chi connectivity index (χ0n) is 13.6. The summed E-state index contributed by atoms with van der Waals surface area (Å²) in [6.45, 7) is 2.97. The Bertz CT molecular complexity index is 685. The van der Waals surface area contributed by atoms with Gasteiger partial charge in [-0.15, -0.1) is 11.8 Å². The molecule has 1 aliphatic carbocycles. The molecular weight excluding hydrogens is 346 g/mol. The van der Waals surface area contributed by atoms with E-state index < -0.39 is 0 Å². The second-order valence-corrected chi connectivity index (χ2v) is 7.31. The minimum atomic E-state index is 0.0624. The van der Waals surface area contributed by atoms with Crippen molar-refractivity contribution in [2.75, 3.05) is 12.3 Å². The van der Waals surface area contributed by atoms with E-state index in [1.54, 1.807) is 4.90 Å². The van der Waals surface area contributed by atoms with E-state index in [1.807, 2.05) is 31.2 Å². The molecule has 1 fully saturated rings. The Morgan fingerprint density at radius 1 is 1.38 bits per heavy atom. The van der Waals surface area contributed by atoms with Crippen LogP contribution in [-0.2, 0) is 11.3 Å². The molecule has 1 heterocycles. The van der Waals surface area contributed by atoms with E-state index >= 15 is 0 Å². The molecule has 1 saturated carbocycles. The number of hydrogen-bond donors (Lipinski definition) is 0. The topological polar surface area (TPSA) is 59.2 Å². The molecule has 128 valence electrons. The Balaban J connectivity index is 1.53. The average Bonchev–Trinajstić information content (AvgIpc) is 2.98. The fourth-order valence-electron chi connectivity index (χ4n) is 2.47. The summed E-state index contributed by atoms with van der Waals surface area (Å²) in [5.74, 6) is 2.16. The highest BCUT2D eigenvalue weighted by molar-refractivity contribution is 8.00. The maximum Gasteiger partial charge on any atom is 0.233 e. The smallest absolute Gasteiger partial charge is 0.233 e. The van der Waals surface area contributed by atoms with E-state index in [4.69, 9.17) is 16.1 Å². The van der Waals surface area contributed by atoms with Crippen molar-refractivity contribution in [2.24, 2.45) is 0 Å². The van der Waals surface area contributed by atoms with Gasteiger partial charge in [-0.05, 0) is 44.0 Å². The third-order valence-corrected chi connectivity index (χ3v) is 5.43. The molecule has 0 bridgehead atoms. The Labute approximate surface area is 150 Å². The zero-order valence-corrected chi connectivity index (χ0v) is 15.1. The second-order valence-electron chi connectivity index (χ2n) is 5.83. The van der Waals surface area contributed by atoms with Gasteiger partial charge in [0.15, 0.2) is 5.82 Å². The van der Waals surface area contributed by atoms with Gasteiger partial charge in [0.05, 0.1) is 12.3 Å². The minimum Gasteiger partial charge on any atom is -0.339 e. The number of halogens is 1. The first-order valence-corrected chi connectivity index (χ1v) is 9.50. The van der Waals surface area contributed by atoms with Gasteiger partial charge < -0.3 is 9.42 Å². The fourth-order valence-corrected chi connectivity index (χ4v) is 3.39. The van der Waals surface area contributed by atoms with Crippen LogP contribution in [-0.4, -0.2) is 33.2 Å². The molecule has 24 heavy (non-hydrogen) atoms. The van der Waals surface area contributed by atoms with Crippen LogP contribution in [0.3, 0.4) is 0 Å². The molecule has 2 aromatic rings. The Morgan fingerprint density at radius 3 is 2.75 bits per heavy atom. The average molecular weight is 366 g/mol. The van der Waals surface area contributed by atoms with E-state index in [0.29, 0.717) is 35.6 Å². The van der Waals surface area contributed by atoms with Crippen LogP contribution >= 0.6 is 23.4 Å². The molecule has 1 aromatic carbocycles. The summed E-state index contributed by atoms with van der Waals surface area (Å²) in [6.07, 6.45) is 3.47. The molecular formula is C17H20ClN3O2S. The molecule has 0 unspecified atom stereocenters. The molecule has 0 radical (unpaired) electrons. The summed E-state index contributed by atoms with van der Waals surface area (Å²) in [4.78, 5) is 19.6. The predicted octanol–water partition coefficient (Wildman–Crippen LogP) is 4.13. The van der Waals surface area contributed by atoms with Crippen molar-refractivity contribution in [3.05, 3.63) is 41.0 Å². The summed E-state index contributed by atoms with van der Waals surface area (Å²) in [5.41, 5.74) is 0. The summed E-state index contributed by atoms with van der Waals surface area (Å²) >= 11 is 7.37. The molecule has 0 aliphatic heterocycles. The number of carbonyl (C=O) groups excluding carboxylic acids is 1. The lowest BCUT2D eigenvalue weighted by molar-refractivity contribution is -0.128. The summed E-state index contributed by atoms with van der Waals surface area (Å²) in [6, 6.07) is 7.49. The SMILES string of the molecule is CCN(Cc1noc(C2CCC2)n1)C(=O)CSc1ccc(Cl)cc1. The lowest BCUT2D eigenvalue weighted by Gasteiger charge is -2.20. The van der Waals surface area contributed by atoms with E-state index in [9.17, 15) is 4.79 Å². The number of carbonyl (C=O) groups is 1. The standard InChI is InChI=1S/C17H20ClN3O2S/c1-2-21(10-15-19-17(23-20-15)12-4-3-5-12)16(22)11-24-14-8-6-13(18)7-9-14/h6-9,12H,2-5,10-11H2,1H3. The lowest BCUT2D eigenvalue weighted by Crippen LogP contribution is -2.32. The van der Waals surface area contributed by atoms with Gasteiger partial charge in [-0.2, -0.15) is 4.98 Å². The minimum absolute atomic E-state index is 0.0624. The molecule has 7 heteroatoms. The predicted molar refractivity (Wildman–Crippen MR) is 94.2 cm³/mol. The van der Waals surface area contributed by atoms with Gasteiger partial charge in [0, 0.05) is 22.4 Å². The number of hydrogen-bond acceptors (Lipinski definition) is 5. The van der Waals surface area contributed by atoms with Crippen LogP contribution in [0.4, 0.5) is 0 Å². The third-order valence-electron chi connectivity index (χ3n) is 4.18. The molecule has 1 aromatic heterocycles. The number of nitrogens with zero attached hydrogens (tertiary/aromatic N) is 3. The highest BCUT2D eigenvalue weighted by Gasteiger charge is 2.26. The van der Waals surface area contributed by atoms with Crippen LogP contribution in [0.25, 0.3) is 0 Å². The van der Waals surface area contributed by atoms with E-state index in [2.05, 4.69) is 10.1 Å². The van der Waals surface area contributed by atoms with Gasteiger partial charge in [0.25, 0.3) is 0 Å². The largest absolute Gasteiger partial charge is 0.339 e. The highest BCUT2D eigenvalue weighted by Crippen LogP contribution is 2.35. The summed E-state index contributed by atoms with van der Waals surface area (Å²) in [5, 5.41) is 4.71. The van der Waals surface area contributed by atoms with E-state index in [0.717, 1.165) is 23.6 Å². The Kier molecular flexibility index (Phi) is 5.79. The van der Waals surface area contributed by atoms with Crippen molar-refractivity contribution in [3.63, 3.8) is 0 Å². The van der Waals surface area contributed by atoms with Crippen LogP contribution in [0.1, 0.15) is 43.8 Å². The lowest BCUT2D eigenvalue weighted by atomic mass is 9.85. The van der Waals surface area contributed by atoms with Crippen molar-refractivity contribution in [2.45, 2.75) is 43.5 Å². The van der Waals surface area contributed by atoms with E-state index in [-0.39, 0.29) is 5.91 Å². The molecule has 0 N–H and O–H groups in total. The molecule has 1 aliphatic rings. The van der Waals surface area contributed by atoms with Gasteiger partial charge in [0.2, 0.25) is 11.8 Å². The molecule has 0 atom stereocenters. The molecule has 1 amide bonds. The Hall–Kier alpha value is -1.53. The van der Waals surface area contributed by atoms with Crippen molar-refractivity contribution >= 4 is 29.3 Å². The normalized spacial score (nSPS) is 14.4. The first-order chi connectivity index (χ1) is 11.7.